The first kappa shape index (κ1) is 19.4. The number of rotatable bonds is 9. The van der Waals surface area contributed by atoms with Gasteiger partial charge in [-0.1, -0.05) is 0 Å². The number of carbonyl (C=O) groups excluding carboxylic acids is 2. The molecule has 0 aliphatic rings. The van der Waals surface area contributed by atoms with Gasteiger partial charge in [0.05, 0.1) is 0 Å². The summed E-state index contributed by atoms with van der Waals surface area (Å²) in [5.74, 6) is -0.135. The van der Waals surface area contributed by atoms with Crippen LogP contribution in [0.25, 0.3) is 0 Å². The molecule has 0 aliphatic carbocycles. The molecule has 0 fully saturated rings. The number of carbonyl (C=O) groups is 2. The van der Waals surface area contributed by atoms with Crippen molar-refractivity contribution < 1.29 is 18.7 Å². The van der Waals surface area contributed by atoms with Crippen molar-refractivity contribution in [3.8, 4) is 5.75 Å². The standard InChI is InChI=1S/C19H22FN3O3/c20-15-5-3-14(4-6-15)19(25)22-12-1-2-18(24)23-16-7-9-17(10-8-16)26-13-11-21/h3-10H,1-2,11-13,21H2,(H,22,25)(H,23,24). The second-order valence-corrected chi connectivity index (χ2v) is 5.58. The van der Waals surface area contributed by atoms with Gasteiger partial charge in [-0.05, 0) is 55.0 Å². The van der Waals surface area contributed by atoms with E-state index in [0.717, 1.165) is 0 Å². The zero-order chi connectivity index (χ0) is 18.8. The normalized spacial score (nSPS) is 10.2. The van der Waals surface area contributed by atoms with Gasteiger partial charge in [-0.3, -0.25) is 9.59 Å². The lowest BCUT2D eigenvalue weighted by atomic mass is 10.2. The van der Waals surface area contributed by atoms with Gasteiger partial charge in [0.1, 0.15) is 18.2 Å². The van der Waals surface area contributed by atoms with Gasteiger partial charge < -0.3 is 21.1 Å². The van der Waals surface area contributed by atoms with Crippen LogP contribution in [-0.4, -0.2) is 31.5 Å². The second-order valence-electron chi connectivity index (χ2n) is 5.58. The Morgan fingerprint density at radius 2 is 1.73 bits per heavy atom. The molecule has 2 amide bonds. The van der Waals surface area contributed by atoms with Crippen LogP contribution < -0.4 is 21.1 Å². The molecule has 0 saturated heterocycles. The fourth-order valence-electron chi connectivity index (χ4n) is 2.19. The Bertz CT molecular complexity index is 718. The average molecular weight is 359 g/mol. The van der Waals surface area contributed by atoms with E-state index in [-0.39, 0.29) is 18.2 Å². The molecule has 6 nitrogen and oxygen atoms in total. The predicted octanol–water partition coefficient (Wildman–Crippen LogP) is 2.31. The summed E-state index contributed by atoms with van der Waals surface area (Å²) in [6.07, 6.45) is 0.769. The lowest BCUT2D eigenvalue weighted by Crippen LogP contribution is -2.25. The highest BCUT2D eigenvalue weighted by atomic mass is 19.1. The molecule has 0 spiro atoms. The van der Waals surface area contributed by atoms with Crippen LogP contribution in [0.1, 0.15) is 23.2 Å². The topological polar surface area (TPSA) is 93.4 Å². The van der Waals surface area contributed by atoms with Crippen LogP contribution in [0.5, 0.6) is 5.75 Å². The lowest BCUT2D eigenvalue weighted by Gasteiger charge is -2.08. The number of nitrogens with two attached hydrogens (primary N) is 1. The SMILES string of the molecule is NCCOc1ccc(NC(=O)CCCNC(=O)c2ccc(F)cc2)cc1. The van der Waals surface area contributed by atoms with Crippen molar-refractivity contribution in [2.24, 2.45) is 5.73 Å². The third-order valence-corrected chi connectivity index (χ3v) is 3.50. The predicted molar refractivity (Wildman–Crippen MR) is 97.6 cm³/mol. The van der Waals surface area contributed by atoms with E-state index in [2.05, 4.69) is 10.6 Å². The Morgan fingerprint density at radius 3 is 2.38 bits per heavy atom. The van der Waals surface area contributed by atoms with E-state index in [1.807, 2.05) is 0 Å². The molecule has 2 rings (SSSR count). The molecule has 7 heteroatoms. The minimum Gasteiger partial charge on any atom is -0.492 e. The van der Waals surface area contributed by atoms with E-state index >= 15 is 0 Å². The molecule has 138 valence electrons. The maximum absolute atomic E-state index is 12.8. The Kier molecular flexibility index (Phi) is 7.57. The van der Waals surface area contributed by atoms with Crippen molar-refractivity contribution in [1.29, 1.82) is 0 Å². The summed E-state index contributed by atoms with van der Waals surface area (Å²) in [5.41, 5.74) is 6.42. The van der Waals surface area contributed by atoms with Gasteiger partial charge in [0.2, 0.25) is 5.91 Å². The number of hydrogen-bond donors (Lipinski definition) is 3. The largest absolute Gasteiger partial charge is 0.492 e. The van der Waals surface area contributed by atoms with Gasteiger partial charge in [-0.2, -0.15) is 0 Å². The van der Waals surface area contributed by atoms with Crippen molar-refractivity contribution in [3.63, 3.8) is 0 Å². The lowest BCUT2D eigenvalue weighted by molar-refractivity contribution is -0.116. The molecule has 0 aliphatic heterocycles. The van der Waals surface area contributed by atoms with Crippen LogP contribution in [0.4, 0.5) is 10.1 Å². The highest BCUT2D eigenvalue weighted by Gasteiger charge is 2.06. The minimum absolute atomic E-state index is 0.142. The van der Waals surface area contributed by atoms with Gasteiger partial charge in [0.25, 0.3) is 5.91 Å². The summed E-state index contributed by atoms with van der Waals surface area (Å²) < 4.78 is 18.2. The van der Waals surface area contributed by atoms with Gasteiger partial charge in [-0.25, -0.2) is 4.39 Å². The van der Waals surface area contributed by atoms with Crippen LogP contribution in [0, 0.1) is 5.82 Å². The first-order valence-corrected chi connectivity index (χ1v) is 8.35. The maximum atomic E-state index is 12.8. The van der Waals surface area contributed by atoms with E-state index in [0.29, 0.717) is 43.1 Å². The van der Waals surface area contributed by atoms with Gasteiger partial charge in [-0.15, -0.1) is 0 Å². The second kappa shape index (κ2) is 10.1. The minimum atomic E-state index is -0.391. The number of hydrogen-bond acceptors (Lipinski definition) is 4. The van der Waals surface area contributed by atoms with Crippen LogP contribution in [0.3, 0.4) is 0 Å². The molecular formula is C19H22FN3O3. The number of anilines is 1. The average Bonchev–Trinajstić information content (AvgIpc) is 2.65. The molecule has 0 aromatic heterocycles. The number of nitrogens with one attached hydrogen (secondary N) is 2. The summed E-state index contributed by atoms with van der Waals surface area (Å²) in [5, 5.41) is 5.47. The third-order valence-electron chi connectivity index (χ3n) is 3.50. The Hall–Kier alpha value is -2.93. The van der Waals surface area contributed by atoms with E-state index in [4.69, 9.17) is 10.5 Å². The van der Waals surface area contributed by atoms with E-state index in [1.165, 1.54) is 24.3 Å². The molecule has 2 aromatic carbocycles. The van der Waals surface area contributed by atoms with Gasteiger partial charge in [0, 0.05) is 30.8 Å². The van der Waals surface area contributed by atoms with Crippen LogP contribution >= 0.6 is 0 Å². The fourth-order valence-corrected chi connectivity index (χ4v) is 2.19. The van der Waals surface area contributed by atoms with E-state index < -0.39 is 5.82 Å². The Labute approximate surface area is 151 Å². The monoisotopic (exact) mass is 359 g/mol. The smallest absolute Gasteiger partial charge is 0.251 e. The number of amides is 2. The summed E-state index contributed by atoms with van der Waals surface area (Å²) in [6, 6.07) is 12.3. The van der Waals surface area contributed by atoms with E-state index in [9.17, 15) is 14.0 Å². The molecule has 26 heavy (non-hydrogen) atoms. The Morgan fingerprint density at radius 1 is 1.04 bits per heavy atom. The first-order valence-electron chi connectivity index (χ1n) is 8.35. The molecule has 0 unspecified atom stereocenters. The number of benzene rings is 2. The number of halogens is 1. The molecule has 0 saturated carbocycles. The van der Waals surface area contributed by atoms with Crippen molar-refractivity contribution in [2.45, 2.75) is 12.8 Å². The Balaban J connectivity index is 1.67. The van der Waals surface area contributed by atoms with Crippen molar-refractivity contribution >= 4 is 17.5 Å². The molecule has 0 bridgehead atoms. The molecule has 2 aromatic rings. The summed E-state index contributed by atoms with van der Waals surface area (Å²) in [4.78, 5) is 23.8. The zero-order valence-electron chi connectivity index (χ0n) is 14.3. The van der Waals surface area contributed by atoms with Crippen LogP contribution in [0.15, 0.2) is 48.5 Å². The summed E-state index contributed by atoms with van der Waals surface area (Å²) in [6.45, 7) is 1.24. The van der Waals surface area contributed by atoms with Crippen molar-refractivity contribution in [3.05, 3.63) is 59.9 Å². The van der Waals surface area contributed by atoms with E-state index in [1.54, 1.807) is 24.3 Å². The molecule has 0 atom stereocenters. The molecule has 0 radical (unpaired) electrons. The van der Waals surface area contributed by atoms with Crippen molar-refractivity contribution in [2.75, 3.05) is 25.0 Å². The third kappa shape index (κ3) is 6.52. The number of ether oxygens (including phenoxy) is 1. The highest BCUT2D eigenvalue weighted by Crippen LogP contribution is 2.15. The first-order chi connectivity index (χ1) is 12.6. The van der Waals surface area contributed by atoms with Gasteiger partial charge in [0.15, 0.2) is 0 Å². The zero-order valence-corrected chi connectivity index (χ0v) is 14.3. The maximum Gasteiger partial charge on any atom is 0.251 e. The van der Waals surface area contributed by atoms with Crippen LogP contribution in [-0.2, 0) is 4.79 Å². The highest BCUT2D eigenvalue weighted by molar-refractivity contribution is 5.94. The van der Waals surface area contributed by atoms with Crippen molar-refractivity contribution in [1.82, 2.24) is 5.32 Å². The summed E-state index contributed by atoms with van der Waals surface area (Å²) >= 11 is 0. The van der Waals surface area contributed by atoms with Crippen LogP contribution in [0.2, 0.25) is 0 Å². The molecular weight excluding hydrogens is 337 g/mol. The summed E-state index contributed by atoms with van der Waals surface area (Å²) in [7, 11) is 0. The fraction of sp³-hybridized carbons (Fsp3) is 0.263. The van der Waals surface area contributed by atoms with Gasteiger partial charge >= 0.3 is 0 Å². The molecule has 0 heterocycles. The molecule has 4 N–H and O–H groups in total. The quantitative estimate of drug-likeness (QED) is 0.599.